The number of hydrogen-bond acceptors (Lipinski definition) is 5. The maximum Gasteiger partial charge on any atom is 0.162 e. The SMILES string of the molecule is Clc1ccccc1OC[C@H]1CCCN1c1ncnc2[nH]cnc12. The fourth-order valence-corrected chi connectivity index (χ4v) is 3.19. The maximum absolute atomic E-state index is 6.15. The molecule has 3 heterocycles. The zero-order valence-electron chi connectivity index (χ0n) is 12.4. The first-order valence-electron chi connectivity index (χ1n) is 7.61. The fourth-order valence-electron chi connectivity index (χ4n) is 3.00. The van der Waals surface area contributed by atoms with Gasteiger partial charge in [-0.05, 0) is 25.0 Å². The number of benzene rings is 1. The summed E-state index contributed by atoms with van der Waals surface area (Å²) < 4.78 is 5.92. The van der Waals surface area contributed by atoms with Gasteiger partial charge in [-0.1, -0.05) is 23.7 Å². The number of anilines is 1. The Bertz CT molecular complexity index is 821. The molecule has 0 spiro atoms. The summed E-state index contributed by atoms with van der Waals surface area (Å²) in [4.78, 5) is 18.3. The molecule has 6 nitrogen and oxygen atoms in total. The monoisotopic (exact) mass is 329 g/mol. The number of imidazole rings is 1. The van der Waals surface area contributed by atoms with Gasteiger partial charge in [0.05, 0.1) is 17.4 Å². The van der Waals surface area contributed by atoms with Crippen molar-refractivity contribution in [3.05, 3.63) is 41.9 Å². The second kappa shape index (κ2) is 6.04. The minimum Gasteiger partial charge on any atom is -0.490 e. The molecule has 1 aliphatic heterocycles. The highest BCUT2D eigenvalue weighted by molar-refractivity contribution is 6.32. The van der Waals surface area contributed by atoms with E-state index >= 15 is 0 Å². The number of aromatic nitrogens is 4. The Labute approximate surface area is 138 Å². The Balaban J connectivity index is 1.55. The quantitative estimate of drug-likeness (QED) is 0.796. The maximum atomic E-state index is 6.15. The molecular formula is C16H16ClN5O. The summed E-state index contributed by atoms with van der Waals surface area (Å²) in [6.45, 7) is 1.51. The number of nitrogens with zero attached hydrogens (tertiary/aromatic N) is 4. The molecular weight excluding hydrogens is 314 g/mol. The first kappa shape index (κ1) is 14.3. The minimum atomic E-state index is 0.251. The van der Waals surface area contributed by atoms with Gasteiger partial charge in [-0.25, -0.2) is 15.0 Å². The van der Waals surface area contributed by atoms with E-state index in [0.29, 0.717) is 17.4 Å². The molecule has 0 aliphatic carbocycles. The molecule has 23 heavy (non-hydrogen) atoms. The molecule has 118 valence electrons. The van der Waals surface area contributed by atoms with Gasteiger partial charge in [0.1, 0.15) is 24.2 Å². The van der Waals surface area contributed by atoms with E-state index in [1.807, 2.05) is 24.3 Å². The van der Waals surface area contributed by atoms with Crippen LogP contribution in [0.4, 0.5) is 5.82 Å². The number of para-hydroxylation sites is 1. The predicted molar refractivity (Wildman–Crippen MR) is 89.0 cm³/mol. The Kier molecular flexibility index (Phi) is 3.75. The Hall–Kier alpha value is -2.34. The number of rotatable bonds is 4. The molecule has 1 fully saturated rings. The number of fused-ring (bicyclic) bond motifs is 1. The molecule has 1 N–H and O–H groups in total. The third-order valence-corrected chi connectivity index (χ3v) is 4.43. The Morgan fingerprint density at radius 1 is 1.26 bits per heavy atom. The van der Waals surface area contributed by atoms with Gasteiger partial charge in [0.2, 0.25) is 0 Å². The van der Waals surface area contributed by atoms with Crippen LogP contribution in [0.5, 0.6) is 5.75 Å². The second-order valence-corrected chi connectivity index (χ2v) is 5.94. The van der Waals surface area contributed by atoms with Gasteiger partial charge < -0.3 is 14.6 Å². The standard InChI is InChI=1S/C16H16ClN5O/c17-12-5-1-2-6-13(12)23-8-11-4-3-7-22(11)16-14-15(19-9-18-14)20-10-21-16/h1-2,5-6,9-11H,3-4,7-8H2,(H,18,19,20,21)/t11-/m1/s1. The average molecular weight is 330 g/mol. The summed E-state index contributed by atoms with van der Waals surface area (Å²) >= 11 is 6.15. The van der Waals surface area contributed by atoms with Crippen LogP contribution < -0.4 is 9.64 Å². The molecule has 1 aliphatic rings. The summed E-state index contributed by atoms with van der Waals surface area (Å²) in [5.41, 5.74) is 1.56. The highest BCUT2D eigenvalue weighted by atomic mass is 35.5. The lowest BCUT2D eigenvalue weighted by Crippen LogP contribution is -2.35. The van der Waals surface area contributed by atoms with Crippen molar-refractivity contribution in [1.29, 1.82) is 0 Å². The topological polar surface area (TPSA) is 66.9 Å². The van der Waals surface area contributed by atoms with Crippen molar-refractivity contribution in [3.8, 4) is 5.75 Å². The summed E-state index contributed by atoms with van der Waals surface area (Å²) in [7, 11) is 0. The molecule has 0 bridgehead atoms. The average Bonchev–Trinajstić information content (AvgIpc) is 3.22. The van der Waals surface area contributed by atoms with Crippen LogP contribution in [0.15, 0.2) is 36.9 Å². The zero-order valence-corrected chi connectivity index (χ0v) is 13.2. The number of nitrogens with one attached hydrogen (secondary N) is 1. The van der Waals surface area contributed by atoms with E-state index in [2.05, 4.69) is 24.8 Å². The molecule has 1 atom stereocenters. The molecule has 0 amide bonds. The lowest BCUT2D eigenvalue weighted by molar-refractivity contribution is 0.288. The highest BCUT2D eigenvalue weighted by Gasteiger charge is 2.28. The Morgan fingerprint density at radius 2 is 2.17 bits per heavy atom. The highest BCUT2D eigenvalue weighted by Crippen LogP contribution is 2.29. The first-order valence-corrected chi connectivity index (χ1v) is 7.99. The third-order valence-electron chi connectivity index (χ3n) is 4.11. The molecule has 4 rings (SSSR count). The molecule has 2 aromatic heterocycles. The van der Waals surface area contributed by atoms with Gasteiger partial charge in [0, 0.05) is 6.54 Å². The molecule has 1 saturated heterocycles. The van der Waals surface area contributed by atoms with Crippen molar-refractivity contribution < 1.29 is 4.74 Å². The summed E-state index contributed by atoms with van der Waals surface area (Å²) in [6, 6.07) is 7.79. The summed E-state index contributed by atoms with van der Waals surface area (Å²) in [6.07, 6.45) is 5.38. The second-order valence-electron chi connectivity index (χ2n) is 5.53. The zero-order chi connectivity index (χ0) is 15.6. The van der Waals surface area contributed by atoms with Crippen molar-refractivity contribution in [2.45, 2.75) is 18.9 Å². The van der Waals surface area contributed by atoms with Gasteiger partial charge >= 0.3 is 0 Å². The van der Waals surface area contributed by atoms with Gasteiger partial charge in [-0.15, -0.1) is 0 Å². The molecule has 1 aromatic carbocycles. The van der Waals surface area contributed by atoms with Crippen molar-refractivity contribution in [3.63, 3.8) is 0 Å². The van der Waals surface area contributed by atoms with Crippen LogP contribution in [0.3, 0.4) is 0 Å². The minimum absolute atomic E-state index is 0.251. The van der Waals surface area contributed by atoms with E-state index in [9.17, 15) is 0 Å². The lowest BCUT2D eigenvalue weighted by Gasteiger charge is -2.25. The van der Waals surface area contributed by atoms with E-state index < -0.39 is 0 Å². The number of ether oxygens (including phenoxy) is 1. The van der Waals surface area contributed by atoms with Crippen LogP contribution in [0.25, 0.3) is 11.2 Å². The van der Waals surface area contributed by atoms with Crippen molar-refractivity contribution in [1.82, 2.24) is 19.9 Å². The molecule has 7 heteroatoms. The van der Waals surface area contributed by atoms with Crippen LogP contribution in [0.2, 0.25) is 5.02 Å². The van der Waals surface area contributed by atoms with Crippen molar-refractivity contribution >= 4 is 28.6 Å². The number of H-pyrrole nitrogens is 1. The van der Waals surface area contributed by atoms with E-state index in [4.69, 9.17) is 16.3 Å². The first-order chi connectivity index (χ1) is 11.3. The van der Waals surface area contributed by atoms with Crippen LogP contribution in [-0.2, 0) is 0 Å². The number of halogens is 1. The van der Waals surface area contributed by atoms with E-state index in [1.165, 1.54) is 0 Å². The van der Waals surface area contributed by atoms with E-state index in [0.717, 1.165) is 36.4 Å². The smallest absolute Gasteiger partial charge is 0.162 e. The van der Waals surface area contributed by atoms with E-state index in [-0.39, 0.29) is 6.04 Å². The van der Waals surface area contributed by atoms with Gasteiger partial charge in [0.15, 0.2) is 11.5 Å². The van der Waals surface area contributed by atoms with Gasteiger partial charge in [-0.2, -0.15) is 0 Å². The largest absolute Gasteiger partial charge is 0.490 e. The van der Waals surface area contributed by atoms with Crippen LogP contribution >= 0.6 is 11.6 Å². The lowest BCUT2D eigenvalue weighted by atomic mass is 10.2. The van der Waals surface area contributed by atoms with Gasteiger partial charge in [0.25, 0.3) is 0 Å². The fraction of sp³-hybridized carbons (Fsp3) is 0.312. The van der Waals surface area contributed by atoms with Crippen LogP contribution in [0.1, 0.15) is 12.8 Å². The molecule has 0 saturated carbocycles. The third kappa shape index (κ3) is 2.70. The van der Waals surface area contributed by atoms with Crippen molar-refractivity contribution in [2.75, 3.05) is 18.1 Å². The molecule has 0 unspecified atom stereocenters. The normalized spacial score (nSPS) is 17.8. The van der Waals surface area contributed by atoms with Gasteiger partial charge in [-0.3, -0.25) is 0 Å². The van der Waals surface area contributed by atoms with Crippen LogP contribution in [0, 0.1) is 0 Å². The summed E-state index contributed by atoms with van der Waals surface area (Å²) in [5, 5.41) is 0.633. The number of aromatic amines is 1. The Morgan fingerprint density at radius 3 is 3.09 bits per heavy atom. The summed E-state index contributed by atoms with van der Waals surface area (Å²) in [5.74, 6) is 1.58. The van der Waals surface area contributed by atoms with Crippen LogP contribution in [-0.4, -0.2) is 39.1 Å². The van der Waals surface area contributed by atoms with E-state index in [1.54, 1.807) is 12.7 Å². The predicted octanol–water partition coefficient (Wildman–Crippen LogP) is 3.05. The molecule has 3 aromatic rings. The number of hydrogen-bond donors (Lipinski definition) is 1. The van der Waals surface area contributed by atoms with Crippen molar-refractivity contribution in [2.24, 2.45) is 0 Å². The molecule has 0 radical (unpaired) electrons.